The van der Waals surface area contributed by atoms with Crippen LogP contribution in [-0.2, 0) is 11.3 Å². The maximum absolute atomic E-state index is 5.72. The van der Waals surface area contributed by atoms with Crippen LogP contribution in [0.1, 0.15) is 11.4 Å². The number of benzene rings is 1. The van der Waals surface area contributed by atoms with E-state index in [0.717, 1.165) is 10.0 Å². The second-order valence-corrected chi connectivity index (χ2v) is 4.95. The molecule has 0 amide bonds. The lowest BCUT2D eigenvalue weighted by atomic mass is 10.2. The fourth-order valence-electron chi connectivity index (χ4n) is 1.59. The number of methoxy groups -OCH3 is 1. The minimum atomic E-state index is 0.283. The highest BCUT2D eigenvalue weighted by Crippen LogP contribution is 2.26. The number of nitrogens with zero attached hydrogens (tertiary/aromatic N) is 2. The standard InChI is InChI=1S/C13H15BrN4O2/c1-8-5-9(3-4-10(8)14)20-13-6-11(18-15)16-12(17-13)7-19-2/h3-6H,7,15H2,1-2H3,(H,16,17,18). The van der Waals surface area contributed by atoms with Crippen molar-refractivity contribution in [2.24, 2.45) is 5.84 Å². The van der Waals surface area contributed by atoms with E-state index >= 15 is 0 Å². The van der Waals surface area contributed by atoms with Crippen molar-refractivity contribution in [3.05, 3.63) is 40.1 Å². The van der Waals surface area contributed by atoms with Crippen LogP contribution in [0.25, 0.3) is 0 Å². The summed E-state index contributed by atoms with van der Waals surface area (Å²) in [6.45, 7) is 2.27. The molecule has 2 aromatic rings. The average Bonchev–Trinajstić information content (AvgIpc) is 2.43. The highest BCUT2D eigenvalue weighted by atomic mass is 79.9. The summed E-state index contributed by atoms with van der Waals surface area (Å²) in [4.78, 5) is 8.41. The monoisotopic (exact) mass is 338 g/mol. The molecular weight excluding hydrogens is 324 g/mol. The number of ether oxygens (including phenoxy) is 2. The molecule has 0 saturated carbocycles. The first-order valence-corrected chi connectivity index (χ1v) is 6.69. The van der Waals surface area contributed by atoms with Crippen LogP contribution in [0.15, 0.2) is 28.7 Å². The lowest BCUT2D eigenvalue weighted by Crippen LogP contribution is -2.11. The fourth-order valence-corrected chi connectivity index (χ4v) is 1.84. The Bertz CT molecular complexity index is 607. The van der Waals surface area contributed by atoms with Crippen molar-refractivity contribution in [1.29, 1.82) is 0 Å². The Morgan fingerprint density at radius 3 is 2.75 bits per heavy atom. The van der Waals surface area contributed by atoms with Crippen molar-refractivity contribution < 1.29 is 9.47 Å². The van der Waals surface area contributed by atoms with Gasteiger partial charge in [-0.15, -0.1) is 0 Å². The van der Waals surface area contributed by atoms with Gasteiger partial charge in [-0.3, -0.25) is 0 Å². The molecule has 0 atom stereocenters. The number of anilines is 1. The Labute approximate surface area is 125 Å². The van der Waals surface area contributed by atoms with Gasteiger partial charge in [0.2, 0.25) is 5.88 Å². The molecule has 1 aromatic heterocycles. The highest BCUT2D eigenvalue weighted by Gasteiger charge is 2.07. The van der Waals surface area contributed by atoms with Crippen LogP contribution in [0.3, 0.4) is 0 Å². The highest BCUT2D eigenvalue weighted by molar-refractivity contribution is 9.10. The lowest BCUT2D eigenvalue weighted by Gasteiger charge is -2.09. The summed E-state index contributed by atoms with van der Waals surface area (Å²) in [7, 11) is 1.57. The molecule has 6 nitrogen and oxygen atoms in total. The topological polar surface area (TPSA) is 82.3 Å². The number of hydrogen-bond donors (Lipinski definition) is 2. The summed E-state index contributed by atoms with van der Waals surface area (Å²) >= 11 is 3.45. The van der Waals surface area contributed by atoms with Gasteiger partial charge in [-0.2, -0.15) is 4.98 Å². The van der Waals surface area contributed by atoms with E-state index in [9.17, 15) is 0 Å². The van der Waals surface area contributed by atoms with Crippen molar-refractivity contribution in [2.75, 3.05) is 12.5 Å². The van der Waals surface area contributed by atoms with Crippen molar-refractivity contribution in [3.8, 4) is 11.6 Å². The third kappa shape index (κ3) is 3.66. The summed E-state index contributed by atoms with van der Waals surface area (Å²) in [6, 6.07) is 7.31. The molecule has 20 heavy (non-hydrogen) atoms. The van der Waals surface area contributed by atoms with Gasteiger partial charge in [-0.25, -0.2) is 10.8 Å². The van der Waals surface area contributed by atoms with Crippen LogP contribution in [0.4, 0.5) is 5.82 Å². The number of halogens is 1. The average molecular weight is 339 g/mol. The number of aryl methyl sites for hydroxylation is 1. The normalized spacial score (nSPS) is 10.4. The van der Waals surface area contributed by atoms with Crippen molar-refractivity contribution in [1.82, 2.24) is 9.97 Å². The Balaban J connectivity index is 2.27. The predicted molar refractivity (Wildman–Crippen MR) is 79.5 cm³/mol. The van der Waals surface area contributed by atoms with Crippen LogP contribution in [0, 0.1) is 6.92 Å². The minimum Gasteiger partial charge on any atom is -0.439 e. The zero-order chi connectivity index (χ0) is 14.5. The quantitative estimate of drug-likeness (QED) is 0.644. The molecule has 1 heterocycles. The molecule has 0 fully saturated rings. The molecule has 0 aliphatic carbocycles. The fraction of sp³-hybridized carbons (Fsp3) is 0.231. The first-order chi connectivity index (χ1) is 9.62. The molecule has 0 unspecified atom stereocenters. The molecule has 0 aliphatic rings. The zero-order valence-electron chi connectivity index (χ0n) is 11.2. The third-order valence-electron chi connectivity index (χ3n) is 2.52. The zero-order valence-corrected chi connectivity index (χ0v) is 12.8. The molecule has 0 spiro atoms. The number of hydrazine groups is 1. The number of rotatable bonds is 5. The van der Waals surface area contributed by atoms with Gasteiger partial charge >= 0.3 is 0 Å². The third-order valence-corrected chi connectivity index (χ3v) is 3.41. The van der Waals surface area contributed by atoms with E-state index in [0.29, 0.717) is 23.3 Å². The van der Waals surface area contributed by atoms with Gasteiger partial charge in [0.25, 0.3) is 0 Å². The van der Waals surface area contributed by atoms with Gasteiger partial charge in [0.15, 0.2) is 5.82 Å². The summed E-state index contributed by atoms with van der Waals surface area (Å²) in [5, 5.41) is 0. The second-order valence-electron chi connectivity index (χ2n) is 4.10. The number of nitrogens with two attached hydrogens (primary N) is 1. The number of hydrogen-bond acceptors (Lipinski definition) is 6. The Hall–Kier alpha value is -1.70. The van der Waals surface area contributed by atoms with Crippen molar-refractivity contribution in [2.45, 2.75) is 13.5 Å². The van der Waals surface area contributed by atoms with E-state index in [2.05, 4.69) is 31.3 Å². The van der Waals surface area contributed by atoms with E-state index in [4.69, 9.17) is 15.3 Å². The molecule has 106 valence electrons. The Morgan fingerprint density at radius 2 is 2.10 bits per heavy atom. The molecule has 2 rings (SSSR count). The first-order valence-electron chi connectivity index (χ1n) is 5.90. The second kappa shape index (κ2) is 6.65. The number of nitrogens with one attached hydrogen (secondary N) is 1. The molecule has 7 heteroatoms. The van der Waals surface area contributed by atoms with Gasteiger partial charge in [0, 0.05) is 17.6 Å². The Kier molecular flexibility index (Phi) is 4.89. The van der Waals surface area contributed by atoms with Gasteiger partial charge < -0.3 is 14.9 Å². The smallest absolute Gasteiger partial charge is 0.224 e. The van der Waals surface area contributed by atoms with E-state index in [1.807, 2.05) is 25.1 Å². The first kappa shape index (κ1) is 14.7. The van der Waals surface area contributed by atoms with Crippen LogP contribution in [0.5, 0.6) is 11.6 Å². The van der Waals surface area contributed by atoms with Gasteiger partial charge in [-0.1, -0.05) is 15.9 Å². The maximum atomic E-state index is 5.72. The van der Waals surface area contributed by atoms with E-state index < -0.39 is 0 Å². The largest absolute Gasteiger partial charge is 0.439 e. The predicted octanol–water partition coefficient (Wildman–Crippen LogP) is 2.77. The molecule has 3 N–H and O–H groups in total. The summed E-state index contributed by atoms with van der Waals surface area (Å²) in [5.74, 6) is 7.43. The molecule has 0 saturated heterocycles. The van der Waals surface area contributed by atoms with Crippen molar-refractivity contribution in [3.63, 3.8) is 0 Å². The summed E-state index contributed by atoms with van der Waals surface area (Å²) in [6.07, 6.45) is 0. The molecule has 1 aromatic carbocycles. The van der Waals surface area contributed by atoms with E-state index in [-0.39, 0.29) is 6.61 Å². The van der Waals surface area contributed by atoms with Crippen LogP contribution in [0.2, 0.25) is 0 Å². The minimum absolute atomic E-state index is 0.283. The molecular formula is C13H15BrN4O2. The number of aromatic nitrogens is 2. The van der Waals surface area contributed by atoms with Gasteiger partial charge in [-0.05, 0) is 30.7 Å². The Morgan fingerprint density at radius 1 is 1.30 bits per heavy atom. The summed E-state index contributed by atoms with van der Waals surface area (Å²) in [5.41, 5.74) is 3.55. The van der Waals surface area contributed by atoms with Crippen LogP contribution >= 0.6 is 15.9 Å². The van der Waals surface area contributed by atoms with Crippen LogP contribution < -0.4 is 16.0 Å². The lowest BCUT2D eigenvalue weighted by molar-refractivity contribution is 0.177. The SMILES string of the molecule is COCc1nc(NN)cc(Oc2ccc(Br)c(C)c2)n1. The molecule has 0 aliphatic heterocycles. The molecule has 0 bridgehead atoms. The van der Waals surface area contributed by atoms with Gasteiger partial charge in [0.05, 0.1) is 0 Å². The van der Waals surface area contributed by atoms with E-state index in [1.54, 1.807) is 13.2 Å². The van der Waals surface area contributed by atoms with Gasteiger partial charge in [0.1, 0.15) is 18.2 Å². The maximum Gasteiger partial charge on any atom is 0.224 e. The van der Waals surface area contributed by atoms with Crippen LogP contribution in [-0.4, -0.2) is 17.1 Å². The van der Waals surface area contributed by atoms with E-state index in [1.165, 1.54) is 0 Å². The number of nitrogen functional groups attached to an aromatic ring is 1. The van der Waals surface area contributed by atoms with Crippen molar-refractivity contribution >= 4 is 21.7 Å². The summed E-state index contributed by atoms with van der Waals surface area (Å²) < 4.78 is 11.8. The molecule has 0 radical (unpaired) electrons.